The van der Waals surface area contributed by atoms with Gasteiger partial charge >= 0.3 is 0 Å². The standard InChI is InChI=1S/C13H15N3S/c1-10-5-2-3-6-11(10)12(9-14)17-13-15-7-4-8-16-13/h2-8,12H,9,14H2,1H3. The number of nitrogens with two attached hydrogens (primary N) is 1. The highest BCUT2D eigenvalue weighted by molar-refractivity contribution is 7.99. The van der Waals surface area contributed by atoms with E-state index in [0.717, 1.165) is 5.16 Å². The zero-order valence-electron chi connectivity index (χ0n) is 9.71. The van der Waals surface area contributed by atoms with Gasteiger partial charge in [0.05, 0.1) is 0 Å². The summed E-state index contributed by atoms with van der Waals surface area (Å²) in [6.45, 7) is 2.68. The van der Waals surface area contributed by atoms with E-state index in [9.17, 15) is 0 Å². The maximum atomic E-state index is 5.85. The van der Waals surface area contributed by atoms with Crippen LogP contribution in [0.3, 0.4) is 0 Å². The summed E-state index contributed by atoms with van der Waals surface area (Å²) in [7, 11) is 0. The summed E-state index contributed by atoms with van der Waals surface area (Å²) in [5, 5.41) is 0.977. The third-order valence-corrected chi connectivity index (χ3v) is 3.69. The summed E-state index contributed by atoms with van der Waals surface area (Å²) in [4.78, 5) is 8.44. The van der Waals surface area contributed by atoms with Gasteiger partial charge in [-0.2, -0.15) is 0 Å². The zero-order chi connectivity index (χ0) is 12.1. The molecular weight excluding hydrogens is 230 g/mol. The first-order valence-corrected chi connectivity index (χ1v) is 6.38. The first kappa shape index (κ1) is 12.1. The molecule has 0 bridgehead atoms. The van der Waals surface area contributed by atoms with Crippen molar-refractivity contribution in [3.63, 3.8) is 0 Å². The van der Waals surface area contributed by atoms with Crippen LogP contribution < -0.4 is 5.73 Å². The van der Waals surface area contributed by atoms with E-state index in [-0.39, 0.29) is 5.25 Å². The summed E-state index contributed by atoms with van der Waals surface area (Å²) in [6.07, 6.45) is 3.50. The molecule has 4 heteroatoms. The number of aryl methyl sites for hydroxylation is 1. The van der Waals surface area contributed by atoms with Gasteiger partial charge < -0.3 is 5.73 Å². The van der Waals surface area contributed by atoms with Crippen molar-refractivity contribution in [1.29, 1.82) is 0 Å². The molecule has 1 aromatic heterocycles. The third kappa shape index (κ3) is 3.05. The number of thioether (sulfide) groups is 1. The first-order valence-electron chi connectivity index (χ1n) is 5.50. The molecule has 0 aliphatic carbocycles. The molecule has 0 aliphatic heterocycles. The molecule has 2 N–H and O–H groups in total. The molecule has 1 heterocycles. The average Bonchev–Trinajstić information content (AvgIpc) is 2.38. The summed E-state index contributed by atoms with van der Waals surface area (Å²) >= 11 is 1.61. The Labute approximate surface area is 105 Å². The Kier molecular flexibility index (Phi) is 4.12. The Balaban J connectivity index is 2.21. The third-order valence-electron chi connectivity index (χ3n) is 2.54. The average molecular weight is 245 g/mol. The van der Waals surface area contributed by atoms with Gasteiger partial charge in [0.15, 0.2) is 5.16 Å². The molecule has 3 nitrogen and oxygen atoms in total. The fourth-order valence-electron chi connectivity index (χ4n) is 1.66. The van der Waals surface area contributed by atoms with E-state index in [1.807, 2.05) is 18.2 Å². The van der Waals surface area contributed by atoms with E-state index in [1.165, 1.54) is 11.1 Å². The molecular formula is C13H15N3S. The lowest BCUT2D eigenvalue weighted by Gasteiger charge is -2.15. The molecule has 1 aromatic carbocycles. The normalized spacial score (nSPS) is 12.4. The van der Waals surface area contributed by atoms with Crippen molar-refractivity contribution in [1.82, 2.24) is 9.97 Å². The van der Waals surface area contributed by atoms with Crippen LogP contribution in [0.4, 0.5) is 0 Å². The first-order chi connectivity index (χ1) is 8.31. The highest BCUT2D eigenvalue weighted by Crippen LogP contribution is 2.33. The Bertz CT molecular complexity index is 473. The highest BCUT2D eigenvalue weighted by Gasteiger charge is 2.14. The Morgan fingerprint density at radius 1 is 1.18 bits per heavy atom. The molecule has 17 heavy (non-hydrogen) atoms. The summed E-state index contributed by atoms with van der Waals surface area (Å²) in [6, 6.07) is 10.1. The molecule has 0 aliphatic rings. The van der Waals surface area contributed by atoms with Crippen molar-refractivity contribution in [3.05, 3.63) is 53.9 Å². The van der Waals surface area contributed by atoms with Gasteiger partial charge in [0.25, 0.3) is 0 Å². The van der Waals surface area contributed by atoms with Crippen LogP contribution in [0.5, 0.6) is 0 Å². The van der Waals surface area contributed by atoms with E-state index >= 15 is 0 Å². The van der Waals surface area contributed by atoms with Gasteiger partial charge in [-0.1, -0.05) is 36.0 Å². The number of hydrogen-bond acceptors (Lipinski definition) is 4. The van der Waals surface area contributed by atoms with Gasteiger partial charge in [0, 0.05) is 24.2 Å². The molecule has 0 fully saturated rings. The van der Waals surface area contributed by atoms with Crippen LogP contribution in [0.15, 0.2) is 47.9 Å². The van der Waals surface area contributed by atoms with E-state index in [2.05, 4.69) is 29.0 Å². The van der Waals surface area contributed by atoms with E-state index in [4.69, 9.17) is 5.73 Å². The number of aromatic nitrogens is 2. The molecule has 0 radical (unpaired) electrons. The fourth-order valence-corrected chi connectivity index (χ4v) is 2.65. The monoisotopic (exact) mass is 245 g/mol. The smallest absolute Gasteiger partial charge is 0.188 e. The summed E-state index contributed by atoms with van der Waals surface area (Å²) in [5.74, 6) is 0. The van der Waals surface area contributed by atoms with Crippen molar-refractivity contribution in [2.24, 2.45) is 5.73 Å². The van der Waals surface area contributed by atoms with Crippen molar-refractivity contribution in [2.75, 3.05) is 6.54 Å². The molecule has 1 unspecified atom stereocenters. The van der Waals surface area contributed by atoms with Crippen LogP contribution in [-0.2, 0) is 0 Å². The largest absolute Gasteiger partial charge is 0.329 e. The second-order valence-electron chi connectivity index (χ2n) is 3.73. The highest BCUT2D eigenvalue weighted by atomic mass is 32.2. The fraction of sp³-hybridized carbons (Fsp3) is 0.231. The van der Waals surface area contributed by atoms with Crippen molar-refractivity contribution in [3.8, 4) is 0 Å². The second-order valence-corrected chi connectivity index (χ2v) is 4.90. The number of benzene rings is 1. The molecule has 0 saturated carbocycles. The number of nitrogens with zero attached hydrogens (tertiary/aromatic N) is 2. The minimum atomic E-state index is 0.207. The summed E-state index contributed by atoms with van der Waals surface area (Å²) in [5.41, 5.74) is 8.36. The predicted octanol–water partition coefficient (Wildman–Crippen LogP) is 2.58. The lowest BCUT2D eigenvalue weighted by atomic mass is 10.1. The van der Waals surface area contributed by atoms with Gasteiger partial charge in [0.1, 0.15) is 0 Å². The van der Waals surface area contributed by atoms with Crippen molar-refractivity contribution < 1.29 is 0 Å². The van der Waals surface area contributed by atoms with Gasteiger partial charge in [-0.05, 0) is 24.1 Å². The molecule has 0 spiro atoms. The second kappa shape index (κ2) is 5.80. The maximum absolute atomic E-state index is 5.85. The van der Waals surface area contributed by atoms with Crippen LogP contribution >= 0.6 is 11.8 Å². The minimum absolute atomic E-state index is 0.207. The van der Waals surface area contributed by atoms with Crippen LogP contribution in [0.1, 0.15) is 16.4 Å². The van der Waals surface area contributed by atoms with Gasteiger partial charge in [-0.25, -0.2) is 9.97 Å². The molecule has 1 atom stereocenters. The lowest BCUT2D eigenvalue weighted by Crippen LogP contribution is -2.11. The van der Waals surface area contributed by atoms with Gasteiger partial charge in [-0.3, -0.25) is 0 Å². The molecule has 0 amide bonds. The number of hydrogen-bond donors (Lipinski definition) is 1. The Hall–Kier alpha value is -1.39. The number of rotatable bonds is 4. The van der Waals surface area contributed by atoms with Crippen molar-refractivity contribution in [2.45, 2.75) is 17.3 Å². The topological polar surface area (TPSA) is 51.8 Å². The van der Waals surface area contributed by atoms with E-state index in [1.54, 1.807) is 24.2 Å². The van der Waals surface area contributed by atoms with Gasteiger partial charge in [-0.15, -0.1) is 0 Å². The molecule has 2 aromatic rings. The van der Waals surface area contributed by atoms with Gasteiger partial charge in [0.2, 0.25) is 0 Å². The van der Waals surface area contributed by atoms with E-state index in [0.29, 0.717) is 6.54 Å². The van der Waals surface area contributed by atoms with Crippen molar-refractivity contribution >= 4 is 11.8 Å². The minimum Gasteiger partial charge on any atom is -0.329 e. The SMILES string of the molecule is Cc1ccccc1C(CN)Sc1ncccn1. The predicted molar refractivity (Wildman–Crippen MR) is 70.9 cm³/mol. The zero-order valence-corrected chi connectivity index (χ0v) is 10.5. The molecule has 88 valence electrons. The summed E-state index contributed by atoms with van der Waals surface area (Å²) < 4.78 is 0. The Morgan fingerprint density at radius 2 is 1.88 bits per heavy atom. The van der Waals surface area contributed by atoms with Crippen LogP contribution in [0, 0.1) is 6.92 Å². The van der Waals surface area contributed by atoms with E-state index < -0.39 is 0 Å². The van der Waals surface area contributed by atoms with Crippen LogP contribution in [-0.4, -0.2) is 16.5 Å². The maximum Gasteiger partial charge on any atom is 0.188 e. The molecule has 2 rings (SSSR count). The molecule has 0 saturated heterocycles. The van der Waals surface area contributed by atoms with Crippen LogP contribution in [0.25, 0.3) is 0 Å². The lowest BCUT2D eigenvalue weighted by molar-refractivity contribution is 0.903. The Morgan fingerprint density at radius 3 is 2.53 bits per heavy atom. The van der Waals surface area contributed by atoms with Crippen LogP contribution in [0.2, 0.25) is 0 Å². The quantitative estimate of drug-likeness (QED) is 0.664.